The van der Waals surface area contributed by atoms with Crippen LogP contribution in [0.4, 0.5) is 8.78 Å². The summed E-state index contributed by atoms with van der Waals surface area (Å²) in [5.41, 5.74) is 0. The maximum Gasteiger partial charge on any atom is 0.248 e. The first-order valence-electron chi connectivity index (χ1n) is 9.53. The average Bonchev–Trinajstić information content (AvgIpc) is 2.38. The van der Waals surface area contributed by atoms with Gasteiger partial charge in [-0.25, -0.2) is 8.78 Å². The summed E-state index contributed by atoms with van der Waals surface area (Å²) in [6.45, 7) is 13.3. The lowest BCUT2D eigenvalue weighted by atomic mass is 9.81. The van der Waals surface area contributed by atoms with E-state index in [-0.39, 0.29) is 12.8 Å². The summed E-state index contributed by atoms with van der Waals surface area (Å²) in [6, 6.07) is 0. The first kappa shape index (κ1) is 21.9. The van der Waals surface area contributed by atoms with Crippen molar-refractivity contribution >= 4 is 0 Å². The first-order chi connectivity index (χ1) is 10.2. The van der Waals surface area contributed by atoms with E-state index in [1.54, 1.807) is 0 Å². The predicted octanol–water partition coefficient (Wildman–Crippen LogP) is 7.72. The lowest BCUT2D eigenvalue weighted by molar-refractivity contribution is -0.0228. The van der Waals surface area contributed by atoms with Gasteiger partial charge in [-0.2, -0.15) is 0 Å². The Balaban J connectivity index is 3.65. The van der Waals surface area contributed by atoms with Gasteiger partial charge in [0.15, 0.2) is 0 Å². The molecule has 0 radical (unpaired) electrons. The van der Waals surface area contributed by atoms with Crippen LogP contribution in [0.1, 0.15) is 99.3 Å². The van der Waals surface area contributed by atoms with Crippen molar-refractivity contribution in [1.29, 1.82) is 0 Å². The van der Waals surface area contributed by atoms with Crippen molar-refractivity contribution in [2.75, 3.05) is 0 Å². The summed E-state index contributed by atoms with van der Waals surface area (Å²) in [5, 5.41) is 0. The van der Waals surface area contributed by atoms with Crippen LogP contribution in [-0.4, -0.2) is 5.92 Å². The predicted molar refractivity (Wildman–Crippen MR) is 94.5 cm³/mol. The molecule has 0 aliphatic carbocycles. The van der Waals surface area contributed by atoms with Crippen LogP contribution in [0.15, 0.2) is 0 Å². The number of rotatable bonds is 13. The molecule has 0 aliphatic rings. The van der Waals surface area contributed by atoms with E-state index in [2.05, 4.69) is 27.7 Å². The molecule has 22 heavy (non-hydrogen) atoms. The fraction of sp³-hybridized carbons (Fsp3) is 1.00. The molecular formula is C20H40F2. The van der Waals surface area contributed by atoms with Gasteiger partial charge in [0.2, 0.25) is 5.92 Å². The van der Waals surface area contributed by atoms with E-state index in [4.69, 9.17) is 0 Å². The molecule has 0 rings (SSSR count). The molecule has 0 saturated carbocycles. The Morgan fingerprint density at radius 3 is 1.64 bits per heavy atom. The molecule has 134 valence electrons. The highest BCUT2D eigenvalue weighted by atomic mass is 19.3. The van der Waals surface area contributed by atoms with Crippen molar-refractivity contribution < 1.29 is 8.78 Å². The zero-order valence-electron chi connectivity index (χ0n) is 15.9. The van der Waals surface area contributed by atoms with Crippen LogP contribution in [0.25, 0.3) is 0 Å². The molecule has 0 fully saturated rings. The molecule has 0 amide bonds. The normalized spacial score (nSPS) is 13.1. The number of hydrogen-bond acceptors (Lipinski definition) is 0. The SMILES string of the molecule is CC(C)CCC(F)(F)CCCCCCCC(C(C)C)C(C)C. The fourth-order valence-corrected chi connectivity index (χ4v) is 3.36. The van der Waals surface area contributed by atoms with E-state index in [0.717, 1.165) is 30.6 Å². The van der Waals surface area contributed by atoms with Gasteiger partial charge in [0.25, 0.3) is 0 Å². The van der Waals surface area contributed by atoms with Gasteiger partial charge in [-0.15, -0.1) is 0 Å². The van der Waals surface area contributed by atoms with Gasteiger partial charge in [-0.05, 0) is 42.9 Å². The second-order valence-electron chi connectivity index (χ2n) is 8.25. The maximum atomic E-state index is 13.6. The van der Waals surface area contributed by atoms with Gasteiger partial charge in [-0.1, -0.05) is 67.2 Å². The molecule has 0 nitrogen and oxygen atoms in total. The highest BCUT2D eigenvalue weighted by Gasteiger charge is 2.27. The summed E-state index contributed by atoms with van der Waals surface area (Å²) < 4.78 is 27.3. The quantitative estimate of drug-likeness (QED) is 0.305. The summed E-state index contributed by atoms with van der Waals surface area (Å²) in [7, 11) is 0. The minimum absolute atomic E-state index is 0.0646. The van der Waals surface area contributed by atoms with Crippen LogP contribution in [0, 0.1) is 23.7 Å². The highest BCUT2D eigenvalue weighted by Crippen LogP contribution is 2.29. The van der Waals surface area contributed by atoms with E-state index in [0.29, 0.717) is 18.8 Å². The number of hydrogen-bond donors (Lipinski definition) is 0. The van der Waals surface area contributed by atoms with Gasteiger partial charge < -0.3 is 0 Å². The van der Waals surface area contributed by atoms with Crippen molar-refractivity contribution in [2.24, 2.45) is 23.7 Å². The van der Waals surface area contributed by atoms with Crippen LogP contribution in [0.5, 0.6) is 0 Å². The number of alkyl halides is 2. The molecule has 0 heterocycles. The molecule has 0 unspecified atom stereocenters. The average molecular weight is 319 g/mol. The molecule has 0 saturated heterocycles. The Kier molecular flexibility index (Phi) is 11.3. The van der Waals surface area contributed by atoms with Crippen molar-refractivity contribution in [1.82, 2.24) is 0 Å². The Hall–Kier alpha value is -0.140. The monoisotopic (exact) mass is 318 g/mol. The number of halogens is 2. The lowest BCUT2D eigenvalue weighted by Gasteiger charge is -2.24. The van der Waals surface area contributed by atoms with E-state index in [1.807, 2.05) is 13.8 Å². The molecule has 0 aromatic heterocycles. The van der Waals surface area contributed by atoms with Gasteiger partial charge in [0, 0.05) is 12.8 Å². The Morgan fingerprint density at radius 1 is 0.636 bits per heavy atom. The molecule has 0 aromatic carbocycles. The lowest BCUT2D eigenvalue weighted by Crippen LogP contribution is -2.16. The largest absolute Gasteiger partial charge is 0.248 e. The zero-order valence-corrected chi connectivity index (χ0v) is 15.9. The van der Waals surface area contributed by atoms with E-state index < -0.39 is 5.92 Å². The minimum Gasteiger partial charge on any atom is -0.207 e. The van der Waals surface area contributed by atoms with Crippen LogP contribution in [-0.2, 0) is 0 Å². The second kappa shape index (κ2) is 11.4. The van der Waals surface area contributed by atoms with E-state index in [1.165, 1.54) is 19.3 Å². The third-order valence-electron chi connectivity index (χ3n) is 4.88. The molecule has 2 heteroatoms. The molecule has 0 aromatic rings. The first-order valence-corrected chi connectivity index (χ1v) is 9.53. The van der Waals surface area contributed by atoms with Crippen molar-refractivity contribution in [2.45, 2.75) is 105 Å². The van der Waals surface area contributed by atoms with Gasteiger partial charge >= 0.3 is 0 Å². The van der Waals surface area contributed by atoms with Crippen LogP contribution >= 0.6 is 0 Å². The van der Waals surface area contributed by atoms with Gasteiger partial charge in [0.1, 0.15) is 0 Å². The number of unbranched alkanes of at least 4 members (excludes halogenated alkanes) is 4. The van der Waals surface area contributed by atoms with Crippen LogP contribution in [0.2, 0.25) is 0 Å². The van der Waals surface area contributed by atoms with Gasteiger partial charge in [-0.3, -0.25) is 0 Å². The molecule has 0 bridgehead atoms. The summed E-state index contributed by atoms with van der Waals surface area (Å²) >= 11 is 0. The Bertz CT molecular complexity index is 248. The molecule has 0 spiro atoms. The van der Waals surface area contributed by atoms with Gasteiger partial charge in [0.05, 0.1) is 0 Å². The third kappa shape index (κ3) is 11.4. The summed E-state index contributed by atoms with van der Waals surface area (Å²) in [4.78, 5) is 0. The Morgan fingerprint density at radius 2 is 1.14 bits per heavy atom. The van der Waals surface area contributed by atoms with Crippen molar-refractivity contribution in [3.8, 4) is 0 Å². The fourth-order valence-electron chi connectivity index (χ4n) is 3.36. The van der Waals surface area contributed by atoms with E-state index >= 15 is 0 Å². The van der Waals surface area contributed by atoms with Crippen molar-refractivity contribution in [3.63, 3.8) is 0 Å². The standard InChI is InChI=1S/C20H40F2/c1-16(2)13-15-20(21,22)14-11-9-7-8-10-12-19(17(3)4)18(5)6/h16-19H,7-15H2,1-6H3. The molecule has 0 aliphatic heterocycles. The maximum absolute atomic E-state index is 13.6. The zero-order chi connectivity index (χ0) is 17.2. The van der Waals surface area contributed by atoms with Crippen molar-refractivity contribution in [3.05, 3.63) is 0 Å². The smallest absolute Gasteiger partial charge is 0.207 e. The van der Waals surface area contributed by atoms with Crippen LogP contribution in [0.3, 0.4) is 0 Å². The third-order valence-corrected chi connectivity index (χ3v) is 4.88. The topological polar surface area (TPSA) is 0 Å². The molecular weight excluding hydrogens is 278 g/mol. The highest BCUT2D eigenvalue weighted by molar-refractivity contribution is 4.68. The Labute approximate surface area is 138 Å². The van der Waals surface area contributed by atoms with Crippen LogP contribution < -0.4 is 0 Å². The molecule has 0 atom stereocenters. The molecule has 0 N–H and O–H groups in total. The second-order valence-corrected chi connectivity index (χ2v) is 8.25. The summed E-state index contributed by atoms with van der Waals surface area (Å²) in [5.74, 6) is 0.241. The van der Waals surface area contributed by atoms with E-state index in [9.17, 15) is 8.78 Å². The summed E-state index contributed by atoms with van der Waals surface area (Å²) in [6.07, 6.45) is 7.30. The minimum atomic E-state index is -2.44.